The second-order valence-electron chi connectivity index (χ2n) is 6.20. The van der Waals surface area contributed by atoms with Gasteiger partial charge >= 0.3 is 11.8 Å². The van der Waals surface area contributed by atoms with E-state index in [0.717, 1.165) is 18.7 Å². The van der Waals surface area contributed by atoms with Gasteiger partial charge in [-0.05, 0) is 31.2 Å². The third kappa shape index (κ3) is 3.44. The first-order valence-corrected chi connectivity index (χ1v) is 8.59. The molecule has 0 atom stereocenters. The van der Waals surface area contributed by atoms with Crippen LogP contribution in [0.3, 0.4) is 0 Å². The molecule has 1 fully saturated rings. The molecule has 3 aromatic heterocycles. The van der Waals surface area contributed by atoms with Gasteiger partial charge < -0.3 is 14.0 Å². The average molecular weight is 356 g/mol. The van der Waals surface area contributed by atoms with Crippen LogP contribution in [0.4, 0.5) is 0 Å². The quantitative estimate of drug-likeness (QED) is 0.718. The number of aromatic nitrogens is 4. The van der Waals surface area contributed by atoms with Crippen molar-refractivity contribution in [2.45, 2.75) is 31.8 Å². The van der Waals surface area contributed by atoms with Crippen LogP contribution in [-0.2, 0) is 0 Å². The lowest BCUT2D eigenvalue weighted by molar-refractivity contribution is -0.398. The van der Waals surface area contributed by atoms with E-state index in [0.29, 0.717) is 29.9 Å². The summed E-state index contributed by atoms with van der Waals surface area (Å²) in [5.74, 6) is 2.23. The molecule has 26 heavy (non-hydrogen) atoms. The molecule has 8 nitrogen and oxygen atoms in total. The molecule has 0 unspecified atom stereocenters. The average Bonchev–Trinajstić information content (AvgIpc) is 3.05. The van der Waals surface area contributed by atoms with Gasteiger partial charge in [-0.15, -0.1) is 0 Å². The second-order valence-corrected chi connectivity index (χ2v) is 6.20. The Hall–Kier alpha value is -3.16. The normalized spacial score (nSPS) is 19.0. The van der Waals surface area contributed by atoms with Crippen molar-refractivity contribution >= 4 is 0 Å². The van der Waals surface area contributed by atoms with Crippen LogP contribution < -0.4 is 25.0 Å². The molecule has 0 radical (unpaired) electrons. The molecule has 0 spiro atoms. The van der Waals surface area contributed by atoms with Gasteiger partial charge in [-0.2, -0.15) is 15.1 Å². The van der Waals surface area contributed by atoms with Crippen LogP contribution in [0.5, 0.6) is 11.8 Å². The molecule has 0 saturated heterocycles. The monoisotopic (exact) mass is 356 g/mol. The minimum absolute atomic E-state index is 0.147. The number of H-pyrrole nitrogens is 3. The van der Waals surface area contributed by atoms with Crippen LogP contribution in [0.15, 0.2) is 46.1 Å². The van der Waals surface area contributed by atoms with Gasteiger partial charge in [0.2, 0.25) is 0 Å². The summed E-state index contributed by atoms with van der Waals surface area (Å²) >= 11 is 0. The number of ether oxygens (including phenoxy) is 2. The second kappa shape index (κ2) is 6.99. The molecule has 3 heterocycles. The Morgan fingerprint density at radius 1 is 1.31 bits per heavy atom. The summed E-state index contributed by atoms with van der Waals surface area (Å²) in [6.45, 7) is 2.61. The number of hydrogen-bond donors (Lipinski definition) is 1. The van der Waals surface area contributed by atoms with E-state index in [9.17, 15) is 4.79 Å². The van der Waals surface area contributed by atoms with Crippen LogP contribution in [0.2, 0.25) is 0 Å². The predicted octanol–water partition coefficient (Wildman–Crippen LogP) is 1.38. The van der Waals surface area contributed by atoms with E-state index in [1.165, 1.54) is 11.6 Å². The Bertz CT molecular complexity index is 929. The highest BCUT2D eigenvalue weighted by Crippen LogP contribution is 2.38. The highest BCUT2D eigenvalue weighted by atomic mass is 16.5. The third-order valence-corrected chi connectivity index (χ3v) is 4.41. The van der Waals surface area contributed by atoms with Crippen LogP contribution in [-0.4, -0.2) is 22.9 Å². The minimum atomic E-state index is -0.298. The summed E-state index contributed by atoms with van der Waals surface area (Å²) in [6.07, 6.45) is 7.19. The fourth-order valence-corrected chi connectivity index (χ4v) is 3.02. The maximum absolute atomic E-state index is 11.1. The zero-order chi connectivity index (χ0) is 17.9. The summed E-state index contributed by atoms with van der Waals surface area (Å²) in [5.41, 5.74) is 1.49. The van der Waals surface area contributed by atoms with Gasteiger partial charge in [0.15, 0.2) is 23.8 Å². The summed E-state index contributed by atoms with van der Waals surface area (Å²) in [5, 5.41) is 2.24. The molecule has 0 bridgehead atoms. The molecule has 0 aliphatic heterocycles. The maximum Gasteiger partial charge on any atom is 0.385 e. The molecule has 0 aromatic carbocycles. The van der Waals surface area contributed by atoms with Crippen molar-refractivity contribution in [3.63, 3.8) is 0 Å². The Morgan fingerprint density at radius 2 is 2.19 bits per heavy atom. The third-order valence-electron chi connectivity index (χ3n) is 4.41. The molecular formula is C18H20N4O4+2. The van der Waals surface area contributed by atoms with Gasteiger partial charge in [-0.1, -0.05) is 0 Å². The summed E-state index contributed by atoms with van der Waals surface area (Å²) in [4.78, 5) is 21.5. The maximum atomic E-state index is 11.1. The van der Waals surface area contributed by atoms with E-state index in [4.69, 9.17) is 14.0 Å². The topological polar surface area (TPSA) is 106 Å². The Kier molecular flexibility index (Phi) is 4.39. The Morgan fingerprint density at radius 3 is 2.88 bits per heavy atom. The lowest BCUT2D eigenvalue weighted by Gasteiger charge is -2.33. The van der Waals surface area contributed by atoms with Crippen LogP contribution in [0, 0.1) is 0 Å². The first kappa shape index (κ1) is 16.3. The minimum Gasteiger partial charge on any atom is -0.445 e. The Labute approximate surface area is 149 Å². The van der Waals surface area contributed by atoms with Gasteiger partial charge in [0, 0.05) is 6.07 Å². The number of nitrogens with one attached hydrogen (secondary N) is 3. The molecule has 4 rings (SSSR count). The van der Waals surface area contributed by atoms with Crippen LogP contribution in [0.25, 0.3) is 11.5 Å². The van der Waals surface area contributed by atoms with Crippen molar-refractivity contribution in [2.24, 2.45) is 0 Å². The van der Waals surface area contributed by atoms with Gasteiger partial charge in [-0.25, -0.2) is 4.98 Å². The number of hydrogen-bond acceptors (Lipinski definition) is 5. The summed E-state index contributed by atoms with van der Waals surface area (Å²) in [7, 11) is 0. The molecular weight excluding hydrogens is 336 g/mol. The molecule has 8 heteroatoms. The van der Waals surface area contributed by atoms with E-state index >= 15 is 0 Å². The molecule has 1 aliphatic rings. The van der Waals surface area contributed by atoms with E-state index in [-0.39, 0.29) is 11.7 Å². The van der Waals surface area contributed by atoms with Crippen molar-refractivity contribution < 1.29 is 24.0 Å². The van der Waals surface area contributed by atoms with Crippen molar-refractivity contribution in [2.75, 3.05) is 6.61 Å². The van der Waals surface area contributed by atoms with Gasteiger partial charge in [-0.3, -0.25) is 4.79 Å². The van der Waals surface area contributed by atoms with E-state index in [2.05, 4.69) is 32.2 Å². The van der Waals surface area contributed by atoms with Crippen molar-refractivity contribution in [1.29, 1.82) is 0 Å². The Balaban J connectivity index is 1.34. The standard InChI is InChI=1S/C18H18N4O4/c1-2-24-17-7-11(3-4-19-17)12-5-13(6-12)25-18-10-20-14(9-21-18)15-8-16(23)22-26-15/h3-4,7-10,12-13H,2,5-6H2,1H3,(H,22,23)/p+2. The zero-order valence-electron chi connectivity index (χ0n) is 14.3. The number of nitrogens with zero attached hydrogens (tertiary/aromatic N) is 1. The van der Waals surface area contributed by atoms with Gasteiger partial charge in [0.05, 0.1) is 18.7 Å². The van der Waals surface area contributed by atoms with Crippen LogP contribution in [0.1, 0.15) is 31.2 Å². The first-order valence-electron chi connectivity index (χ1n) is 8.59. The molecule has 134 valence electrons. The smallest absolute Gasteiger partial charge is 0.385 e. The lowest BCUT2D eigenvalue weighted by atomic mass is 9.78. The van der Waals surface area contributed by atoms with Crippen molar-refractivity contribution in [3.05, 3.63) is 52.7 Å². The fraction of sp³-hybridized carbons (Fsp3) is 0.333. The number of pyridine rings is 1. The zero-order valence-corrected chi connectivity index (χ0v) is 14.3. The summed E-state index contributed by atoms with van der Waals surface area (Å²) in [6, 6.07) is 5.48. The van der Waals surface area contributed by atoms with E-state index in [1.54, 1.807) is 12.4 Å². The van der Waals surface area contributed by atoms with Crippen LogP contribution >= 0.6 is 0 Å². The first-order chi connectivity index (χ1) is 12.7. The highest BCUT2D eigenvalue weighted by Gasteiger charge is 2.34. The van der Waals surface area contributed by atoms with Gasteiger partial charge in [0.25, 0.3) is 5.56 Å². The van der Waals surface area contributed by atoms with Gasteiger partial charge in [0.1, 0.15) is 12.3 Å². The molecule has 0 amide bonds. The largest absolute Gasteiger partial charge is 0.445 e. The van der Waals surface area contributed by atoms with E-state index in [1.807, 2.05) is 13.1 Å². The highest BCUT2D eigenvalue weighted by molar-refractivity contribution is 5.47. The van der Waals surface area contributed by atoms with Crippen molar-refractivity contribution in [1.82, 2.24) is 10.1 Å². The van der Waals surface area contributed by atoms with E-state index < -0.39 is 0 Å². The fourth-order valence-electron chi connectivity index (χ4n) is 3.02. The predicted molar refractivity (Wildman–Crippen MR) is 89.7 cm³/mol. The molecule has 3 aromatic rings. The summed E-state index contributed by atoms with van der Waals surface area (Å²) < 4.78 is 16.4. The number of rotatable bonds is 6. The van der Waals surface area contributed by atoms with Crippen molar-refractivity contribution in [3.8, 4) is 23.2 Å². The lowest BCUT2D eigenvalue weighted by Crippen LogP contribution is -2.34. The molecule has 1 saturated carbocycles. The molecule has 3 N–H and O–H groups in total. The number of aromatic amines is 3. The molecule has 1 aliphatic carbocycles. The SMILES string of the molecule is CCOc1cc(C2CC(Oc3cnc(-c4cc(=O)[nH]o4)c[nH+]3)C2)cc[nH+]1.